The summed E-state index contributed by atoms with van der Waals surface area (Å²) in [5.74, 6) is 0.0117. The lowest BCUT2D eigenvalue weighted by Crippen LogP contribution is -2.22. The molecule has 0 amide bonds. The molecule has 3 heteroatoms. The Morgan fingerprint density at radius 3 is 2.57 bits per heavy atom. The van der Waals surface area contributed by atoms with Crippen molar-refractivity contribution in [3.63, 3.8) is 0 Å². The van der Waals surface area contributed by atoms with Crippen molar-refractivity contribution in [2.24, 2.45) is 5.92 Å². The van der Waals surface area contributed by atoms with Crippen molar-refractivity contribution in [2.75, 3.05) is 13.1 Å². The van der Waals surface area contributed by atoms with E-state index in [0.717, 1.165) is 45.2 Å². The fraction of sp³-hybridized carbons (Fsp3) is 0.611. The monoisotopic (exact) mass is 291 g/mol. The number of unbranched alkanes of at least 4 members (excludes halogenated alkanes) is 3. The molecule has 3 nitrogen and oxygen atoms in total. The van der Waals surface area contributed by atoms with E-state index >= 15 is 0 Å². The van der Waals surface area contributed by atoms with Crippen molar-refractivity contribution in [1.82, 2.24) is 5.32 Å². The Morgan fingerprint density at radius 1 is 1.14 bits per heavy atom. The van der Waals surface area contributed by atoms with Crippen molar-refractivity contribution in [1.29, 1.82) is 0 Å². The Morgan fingerprint density at radius 2 is 1.86 bits per heavy atom. The first-order chi connectivity index (χ1) is 10.2. The van der Waals surface area contributed by atoms with Crippen LogP contribution in [0.2, 0.25) is 0 Å². The van der Waals surface area contributed by atoms with Gasteiger partial charge in [-0.2, -0.15) is 0 Å². The van der Waals surface area contributed by atoms with Crippen LogP contribution in [0.1, 0.15) is 51.0 Å². The van der Waals surface area contributed by atoms with Gasteiger partial charge in [-0.15, -0.1) is 0 Å². The third-order valence-corrected chi connectivity index (χ3v) is 3.76. The van der Waals surface area contributed by atoms with Crippen LogP contribution in [0.4, 0.5) is 0 Å². The van der Waals surface area contributed by atoms with Gasteiger partial charge in [-0.1, -0.05) is 50.1 Å². The summed E-state index contributed by atoms with van der Waals surface area (Å²) in [5, 5.41) is 12.0. The first kappa shape index (κ1) is 17.7. The zero-order valence-corrected chi connectivity index (χ0v) is 13.2. The standard InChI is InChI=1S/C18H29NO2/c1-16(12-13-17-9-5-4-6-10-17)15-19-14-8-3-2-7-11-18(20)21/h4-6,9-10,16,19H,2-3,7-8,11-15H2,1H3,(H,20,21). The van der Waals surface area contributed by atoms with Gasteiger partial charge < -0.3 is 10.4 Å². The van der Waals surface area contributed by atoms with E-state index < -0.39 is 5.97 Å². The van der Waals surface area contributed by atoms with E-state index in [4.69, 9.17) is 5.11 Å². The molecule has 0 spiro atoms. The molecule has 0 aromatic heterocycles. The first-order valence-corrected chi connectivity index (χ1v) is 8.15. The molecule has 0 radical (unpaired) electrons. The molecule has 1 atom stereocenters. The topological polar surface area (TPSA) is 49.3 Å². The highest BCUT2D eigenvalue weighted by atomic mass is 16.4. The first-order valence-electron chi connectivity index (χ1n) is 8.15. The average molecular weight is 291 g/mol. The zero-order chi connectivity index (χ0) is 15.3. The maximum absolute atomic E-state index is 10.4. The number of rotatable bonds is 12. The van der Waals surface area contributed by atoms with Gasteiger partial charge in [0.1, 0.15) is 0 Å². The lowest BCUT2D eigenvalue weighted by atomic mass is 10.0. The fourth-order valence-corrected chi connectivity index (χ4v) is 2.39. The normalized spacial score (nSPS) is 12.2. The Bertz CT molecular complexity index is 378. The van der Waals surface area contributed by atoms with Crippen molar-refractivity contribution in [2.45, 2.75) is 51.9 Å². The lowest BCUT2D eigenvalue weighted by Gasteiger charge is -2.12. The summed E-state index contributed by atoms with van der Waals surface area (Å²) in [6.07, 6.45) is 6.78. The second-order valence-electron chi connectivity index (χ2n) is 5.89. The van der Waals surface area contributed by atoms with Gasteiger partial charge in [-0.05, 0) is 50.3 Å². The van der Waals surface area contributed by atoms with E-state index in [-0.39, 0.29) is 0 Å². The summed E-state index contributed by atoms with van der Waals surface area (Å²) in [4.78, 5) is 10.4. The van der Waals surface area contributed by atoms with E-state index in [0.29, 0.717) is 12.3 Å². The highest BCUT2D eigenvalue weighted by Gasteiger charge is 2.02. The smallest absolute Gasteiger partial charge is 0.303 e. The fourth-order valence-electron chi connectivity index (χ4n) is 2.39. The van der Waals surface area contributed by atoms with Crippen LogP contribution in [-0.2, 0) is 11.2 Å². The van der Waals surface area contributed by atoms with Crippen molar-refractivity contribution in [3.05, 3.63) is 35.9 Å². The number of hydrogen-bond donors (Lipinski definition) is 2. The maximum Gasteiger partial charge on any atom is 0.303 e. The number of aliphatic carboxylic acids is 1. The molecule has 2 N–H and O–H groups in total. The van der Waals surface area contributed by atoms with E-state index in [9.17, 15) is 4.79 Å². The number of nitrogens with one attached hydrogen (secondary N) is 1. The number of carboxylic acid groups (broad SMARTS) is 1. The number of hydrogen-bond acceptors (Lipinski definition) is 2. The summed E-state index contributed by atoms with van der Waals surface area (Å²) in [7, 11) is 0. The van der Waals surface area contributed by atoms with Crippen LogP contribution in [0, 0.1) is 5.92 Å². The molecule has 1 aromatic carbocycles. The summed E-state index contributed by atoms with van der Waals surface area (Å²) < 4.78 is 0. The van der Waals surface area contributed by atoms with Crippen molar-refractivity contribution >= 4 is 5.97 Å². The molecule has 0 saturated heterocycles. The van der Waals surface area contributed by atoms with Gasteiger partial charge in [-0.25, -0.2) is 0 Å². The number of benzene rings is 1. The molecular formula is C18H29NO2. The van der Waals surface area contributed by atoms with Gasteiger partial charge in [0.05, 0.1) is 0 Å². The molecule has 0 heterocycles. The third-order valence-electron chi connectivity index (χ3n) is 3.76. The maximum atomic E-state index is 10.4. The summed E-state index contributed by atoms with van der Waals surface area (Å²) in [6.45, 7) is 4.41. The molecule has 0 fully saturated rings. The lowest BCUT2D eigenvalue weighted by molar-refractivity contribution is -0.137. The molecule has 0 aliphatic carbocycles. The highest BCUT2D eigenvalue weighted by Crippen LogP contribution is 2.09. The molecule has 0 bridgehead atoms. The van der Waals surface area contributed by atoms with Crippen LogP contribution in [0.3, 0.4) is 0 Å². The Balaban J connectivity index is 1.91. The minimum atomic E-state index is -0.680. The average Bonchev–Trinajstić information content (AvgIpc) is 2.48. The van der Waals surface area contributed by atoms with Crippen LogP contribution in [-0.4, -0.2) is 24.2 Å². The molecule has 1 rings (SSSR count). The van der Waals surface area contributed by atoms with E-state index in [1.807, 2.05) is 0 Å². The summed E-state index contributed by atoms with van der Waals surface area (Å²) in [5.41, 5.74) is 1.42. The minimum absolute atomic E-state index is 0.309. The molecule has 21 heavy (non-hydrogen) atoms. The Kier molecular flexibility index (Phi) is 9.55. The SMILES string of the molecule is CC(CCc1ccccc1)CNCCCCCCC(=O)O. The highest BCUT2D eigenvalue weighted by molar-refractivity contribution is 5.66. The van der Waals surface area contributed by atoms with Crippen LogP contribution in [0.25, 0.3) is 0 Å². The number of carbonyl (C=O) groups is 1. The van der Waals surface area contributed by atoms with Crippen LogP contribution in [0.5, 0.6) is 0 Å². The van der Waals surface area contributed by atoms with Crippen molar-refractivity contribution in [3.8, 4) is 0 Å². The van der Waals surface area contributed by atoms with E-state index in [1.165, 1.54) is 12.0 Å². The Hall–Kier alpha value is -1.35. The van der Waals surface area contributed by atoms with Gasteiger partial charge in [0.2, 0.25) is 0 Å². The summed E-state index contributed by atoms with van der Waals surface area (Å²) in [6, 6.07) is 10.6. The van der Waals surface area contributed by atoms with Crippen LogP contribution < -0.4 is 5.32 Å². The predicted molar refractivity (Wildman–Crippen MR) is 87.5 cm³/mol. The van der Waals surface area contributed by atoms with Crippen LogP contribution in [0.15, 0.2) is 30.3 Å². The van der Waals surface area contributed by atoms with Gasteiger partial charge in [0.25, 0.3) is 0 Å². The number of aryl methyl sites for hydroxylation is 1. The van der Waals surface area contributed by atoms with Crippen molar-refractivity contribution < 1.29 is 9.90 Å². The predicted octanol–water partition coefficient (Wildman–Crippen LogP) is 3.88. The molecule has 0 aliphatic rings. The van der Waals surface area contributed by atoms with E-state index in [2.05, 4.69) is 42.6 Å². The van der Waals surface area contributed by atoms with Gasteiger partial charge in [0.15, 0.2) is 0 Å². The molecule has 1 unspecified atom stereocenters. The molecular weight excluding hydrogens is 262 g/mol. The van der Waals surface area contributed by atoms with E-state index in [1.54, 1.807) is 0 Å². The molecule has 118 valence electrons. The molecule has 0 saturated carbocycles. The largest absolute Gasteiger partial charge is 0.481 e. The molecule has 1 aromatic rings. The quantitative estimate of drug-likeness (QED) is 0.575. The van der Waals surface area contributed by atoms with Crippen LogP contribution >= 0.6 is 0 Å². The molecule has 0 aliphatic heterocycles. The summed E-state index contributed by atoms with van der Waals surface area (Å²) >= 11 is 0. The Labute approximate surface area is 128 Å². The minimum Gasteiger partial charge on any atom is -0.481 e. The second kappa shape index (κ2) is 11.3. The third kappa shape index (κ3) is 10.1. The second-order valence-corrected chi connectivity index (χ2v) is 5.89. The van der Waals surface area contributed by atoms with Gasteiger partial charge in [0, 0.05) is 6.42 Å². The van der Waals surface area contributed by atoms with Gasteiger partial charge >= 0.3 is 5.97 Å². The zero-order valence-electron chi connectivity index (χ0n) is 13.2. The number of carboxylic acids is 1. The van der Waals surface area contributed by atoms with Gasteiger partial charge in [-0.3, -0.25) is 4.79 Å².